The molecule has 0 amide bonds. The first-order chi connectivity index (χ1) is 9.69. The van der Waals surface area contributed by atoms with Crippen molar-refractivity contribution in [3.05, 3.63) is 47.5 Å². The van der Waals surface area contributed by atoms with Crippen molar-refractivity contribution in [1.29, 1.82) is 0 Å². The molecular weight excluding hydrogens is 680 g/mol. The van der Waals surface area contributed by atoms with E-state index in [2.05, 4.69) is 132 Å². The van der Waals surface area contributed by atoms with Crippen molar-refractivity contribution < 1.29 is 0 Å². The van der Waals surface area contributed by atoms with Gasteiger partial charge in [0, 0.05) is 31.3 Å². The lowest BCUT2D eigenvalue weighted by Crippen LogP contribution is -1.96. The van der Waals surface area contributed by atoms with Gasteiger partial charge in [-0.15, -0.1) is 11.3 Å². The largest absolute Gasteiger partial charge is 0.161 e. The van der Waals surface area contributed by atoms with Crippen molar-refractivity contribution in [2.45, 2.75) is 4.29 Å². The van der Waals surface area contributed by atoms with Gasteiger partial charge < -0.3 is 0 Å². The normalized spacial score (nSPS) is 13.2. The molecule has 0 N–H and O–H groups in total. The van der Waals surface area contributed by atoms with E-state index in [0.717, 1.165) is 11.1 Å². The van der Waals surface area contributed by atoms with Gasteiger partial charge in [0.1, 0.15) is 0 Å². The Morgan fingerprint density at radius 3 is 1.33 bits per heavy atom. The third-order valence-corrected chi connectivity index (χ3v) is 6.99. The van der Waals surface area contributed by atoms with Crippen LogP contribution in [0.1, 0.15) is 11.1 Å². The standard InChI is InChI=1S/C14H6Br6S/c15-13(16,17)9-5-1-3-7-8-4-2-6-10(14(18,19)20)12(8)21-11(7)9/h1-6H. The lowest BCUT2D eigenvalue weighted by atomic mass is 10.1. The quantitative estimate of drug-likeness (QED) is 0.208. The number of hydrogen-bond donors (Lipinski definition) is 0. The van der Waals surface area contributed by atoms with E-state index in [-0.39, 0.29) is 0 Å². The molecule has 0 unspecified atom stereocenters. The minimum atomic E-state index is -0.415. The third-order valence-electron chi connectivity index (χ3n) is 3.14. The second-order valence-corrected chi connectivity index (χ2v) is 19.0. The Morgan fingerprint density at radius 2 is 1.00 bits per heavy atom. The van der Waals surface area contributed by atoms with E-state index in [1.165, 1.54) is 20.2 Å². The number of thiophene rings is 1. The summed E-state index contributed by atoms with van der Waals surface area (Å²) in [5, 5.41) is 2.52. The van der Waals surface area contributed by atoms with E-state index in [9.17, 15) is 0 Å². The van der Waals surface area contributed by atoms with E-state index in [1.54, 1.807) is 11.3 Å². The lowest BCUT2D eigenvalue weighted by Gasteiger charge is -2.13. The number of rotatable bonds is 0. The molecule has 110 valence electrons. The van der Waals surface area contributed by atoms with Gasteiger partial charge in [-0.25, -0.2) is 0 Å². The molecule has 0 aliphatic heterocycles. The van der Waals surface area contributed by atoms with E-state index in [1.807, 2.05) is 0 Å². The van der Waals surface area contributed by atoms with Crippen molar-refractivity contribution >= 4 is 127 Å². The first kappa shape index (κ1) is 17.4. The summed E-state index contributed by atoms with van der Waals surface area (Å²) in [4.78, 5) is 0. The highest BCUT2D eigenvalue weighted by Gasteiger charge is 2.28. The molecule has 1 heterocycles. The Kier molecular flexibility index (Phi) is 5.06. The predicted molar refractivity (Wildman–Crippen MR) is 116 cm³/mol. The van der Waals surface area contributed by atoms with Crippen LogP contribution < -0.4 is 0 Å². The zero-order valence-corrected chi connectivity index (χ0v) is 20.5. The molecule has 2 aromatic carbocycles. The van der Waals surface area contributed by atoms with Crippen molar-refractivity contribution in [3.8, 4) is 0 Å². The number of halogens is 6. The minimum Gasteiger partial charge on any atom is -0.134 e. The molecule has 0 aliphatic carbocycles. The number of benzene rings is 2. The Morgan fingerprint density at radius 1 is 0.619 bits per heavy atom. The molecule has 0 spiro atoms. The molecule has 1 aromatic heterocycles. The van der Waals surface area contributed by atoms with Crippen LogP contribution in [0.4, 0.5) is 0 Å². The Bertz CT molecular complexity index is 757. The smallest absolute Gasteiger partial charge is 0.134 e. The second kappa shape index (κ2) is 6.12. The minimum absolute atomic E-state index is 0.415. The summed E-state index contributed by atoms with van der Waals surface area (Å²) in [7, 11) is 0. The molecule has 7 heteroatoms. The van der Waals surface area contributed by atoms with Crippen LogP contribution in [0.2, 0.25) is 0 Å². The second-order valence-electron chi connectivity index (χ2n) is 4.46. The van der Waals surface area contributed by atoms with Gasteiger partial charge >= 0.3 is 0 Å². The number of fused-ring (bicyclic) bond motifs is 3. The third kappa shape index (κ3) is 3.35. The molecule has 0 bridgehead atoms. The van der Waals surface area contributed by atoms with Crippen LogP contribution in [0.25, 0.3) is 20.2 Å². The highest BCUT2D eigenvalue weighted by atomic mass is 80.0. The van der Waals surface area contributed by atoms with E-state index >= 15 is 0 Å². The lowest BCUT2D eigenvalue weighted by molar-refractivity contribution is 1.43. The molecule has 0 nitrogen and oxygen atoms in total. The molecule has 0 saturated heterocycles. The van der Waals surface area contributed by atoms with Gasteiger partial charge in [0.2, 0.25) is 0 Å². The van der Waals surface area contributed by atoms with E-state index in [0.29, 0.717) is 0 Å². The van der Waals surface area contributed by atoms with E-state index < -0.39 is 4.29 Å². The molecule has 0 fully saturated rings. The Labute approximate surface area is 176 Å². The van der Waals surface area contributed by atoms with Crippen molar-refractivity contribution in [2.75, 3.05) is 0 Å². The van der Waals surface area contributed by atoms with Gasteiger partial charge in [-0.3, -0.25) is 0 Å². The van der Waals surface area contributed by atoms with Crippen molar-refractivity contribution in [1.82, 2.24) is 0 Å². The topological polar surface area (TPSA) is 0 Å². The van der Waals surface area contributed by atoms with Crippen LogP contribution in [-0.2, 0) is 4.29 Å². The average Bonchev–Trinajstić information content (AvgIpc) is 2.74. The summed E-state index contributed by atoms with van der Waals surface area (Å²) in [6.07, 6.45) is 0. The molecule has 0 aliphatic rings. The van der Waals surface area contributed by atoms with Gasteiger partial charge in [0.15, 0.2) is 4.29 Å². The summed E-state index contributed by atoms with van der Waals surface area (Å²) >= 11 is 23.6. The first-order valence-corrected chi connectivity index (χ1v) is 11.4. The molecule has 21 heavy (non-hydrogen) atoms. The van der Waals surface area contributed by atoms with Crippen LogP contribution in [0.15, 0.2) is 36.4 Å². The van der Waals surface area contributed by atoms with Crippen LogP contribution >= 0.6 is 107 Å². The fourth-order valence-electron chi connectivity index (χ4n) is 2.27. The molecule has 3 aromatic rings. The summed E-state index contributed by atoms with van der Waals surface area (Å²) in [5.74, 6) is 0. The van der Waals surface area contributed by atoms with Crippen LogP contribution in [0, 0.1) is 0 Å². The van der Waals surface area contributed by atoms with Gasteiger partial charge in [-0.2, -0.15) is 0 Å². The van der Waals surface area contributed by atoms with Gasteiger partial charge in [0.25, 0.3) is 0 Å². The first-order valence-electron chi connectivity index (χ1n) is 5.78. The maximum absolute atomic E-state index is 3.64. The number of hydrogen-bond acceptors (Lipinski definition) is 1. The SMILES string of the molecule is BrC(Br)(Br)c1cccc2c1sc1c(C(Br)(Br)Br)cccc12. The van der Waals surface area contributed by atoms with Crippen LogP contribution in [0.5, 0.6) is 0 Å². The van der Waals surface area contributed by atoms with Crippen molar-refractivity contribution in [3.63, 3.8) is 0 Å². The monoisotopic (exact) mass is 680 g/mol. The zero-order chi connectivity index (χ0) is 15.4. The summed E-state index contributed by atoms with van der Waals surface area (Å²) in [6, 6.07) is 12.7. The summed E-state index contributed by atoms with van der Waals surface area (Å²) in [5.41, 5.74) is 2.33. The Hall–Kier alpha value is 1.54. The molecular formula is C14H6Br6S. The van der Waals surface area contributed by atoms with Crippen LogP contribution in [0.3, 0.4) is 0 Å². The van der Waals surface area contributed by atoms with E-state index in [4.69, 9.17) is 0 Å². The molecule has 0 saturated carbocycles. The van der Waals surface area contributed by atoms with Gasteiger partial charge in [0.05, 0.1) is 0 Å². The fraction of sp³-hybridized carbons (Fsp3) is 0.143. The number of alkyl halides is 6. The summed E-state index contributed by atoms with van der Waals surface area (Å²) in [6.45, 7) is 0. The van der Waals surface area contributed by atoms with Gasteiger partial charge in [-0.1, -0.05) is 132 Å². The van der Waals surface area contributed by atoms with Gasteiger partial charge in [-0.05, 0) is 0 Å². The fourth-order valence-corrected chi connectivity index (χ4v) is 6.48. The zero-order valence-electron chi connectivity index (χ0n) is 10.1. The highest BCUT2D eigenvalue weighted by molar-refractivity contribution is 9.39. The predicted octanol–water partition coefficient (Wildman–Crippen LogP) is 8.64. The summed E-state index contributed by atoms with van der Waals surface area (Å²) < 4.78 is 1.67. The molecule has 0 radical (unpaired) electrons. The highest BCUT2D eigenvalue weighted by Crippen LogP contribution is 2.53. The maximum Gasteiger partial charge on any atom is 0.161 e. The van der Waals surface area contributed by atoms with Crippen LogP contribution in [-0.4, -0.2) is 0 Å². The molecule has 3 rings (SSSR count). The average molecular weight is 686 g/mol. The Balaban J connectivity index is 2.46. The van der Waals surface area contributed by atoms with Crippen molar-refractivity contribution in [2.24, 2.45) is 0 Å². The molecule has 0 atom stereocenters. The maximum atomic E-state index is 3.64.